The Morgan fingerprint density at radius 3 is 2.60 bits per heavy atom. The molecule has 78 valence electrons. The number of anilines is 1. The summed E-state index contributed by atoms with van der Waals surface area (Å²) in [6.07, 6.45) is 4.07. The van der Waals surface area contributed by atoms with Crippen molar-refractivity contribution in [1.29, 1.82) is 0 Å². The van der Waals surface area contributed by atoms with Gasteiger partial charge in [-0.1, -0.05) is 28.1 Å². The maximum absolute atomic E-state index is 11.0. The summed E-state index contributed by atoms with van der Waals surface area (Å²) in [7, 11) is 0. The number of carboxylic acids is 1. The summed E-state index contributed by atoms with van der Waals surface area (Å²) in [5.41, 5.74) is 1.11. The number of carbonyl (C=O) groups is 1. The van der Waals surface area contributed by atoms with Crippen LogP contribution in [0.4, 0.5) is 5.69 Å². The lowest BCUT2D eigenvalue weighted by molar-refractivity contribution is 0.0697. The van der Waals surface area contributed by atoms with Crippen LogP contribution in [0.15, 0.2) is 34.8 Å². The van der Waals surface area contributed by atoms with Gasteiger partial charge in [0.1, 0.15) is 0 Å². The summed E-state index contributed by atoms with van der Waals surface area (Å²) >= 11 is 3.35. The van der Waals surface area contributed by atoms with E-state index in [4.69, 9.17) is 5.11 Å². The maximum atomic E-state index is 11.0. The van der Waals surface area contributed by atoms with E-state index in [1.165, 1.54) is 0 Å². The number of aromatic carboxylic acids is 1. The molecule has 4 heteroatoms. The molecular weight excluding hydrogens is 258 g/mol. The van der Waals surface area contributed by atoms with Gasteiger partial charge in [-0.15, -0.1) is 0 Å². The van der Waals surface area contributed by atoms with Crippen LogP contribution < -0.4 is 4.90 Å². The van der Waals surface area contributed by atoms with Crippen LogP contribution >= 0.6 is 15.9 Å². The van der Waals surface area contributed by atoms with Gasteiger partial charge in [-0.25, -0.2) is 4.79 Å². The van der Waals surface area contributed by atoms with Crippen molar-refractivity contribution in [2.75, 3.05) is 18.0 Å². The Morgan fingerprint density at radius 1 is 1.33 bits per heavy atom. The van der Waals surface area contributed by atoms with Gasteiger partial charge in [0.15, 0.2) is 0 Å². The zero-order chi connectivity index (χ0) is 10.8. The molecule has 2 rings (SSSR count). The minimum atomic E-state index is -0.885. The molecular formula is C11H10BrNO2. The minimum absolute atomic E-state index is 0.349. The molecule has 0 aliphatic carbocycles. The van der Waals surface area contributed by atoms with Crippen LogP contribution in [-0.2, 0) is 0 Å². The fourth-order valence-corrected chi connectivity index (χ4v) is 1.97. The third kappa shape index (κ3) is 2.04. The molecule has 0 amide bonds. The van der Waals surface area contributed by atoms with E-state index >= 15 is 0 Å². The Kier molecular flexibility index (Phi) is 2.77. The number of rotatable bonds is 2. The van der Waals surface area contributed by atoms with Crippen LogP contribution in [0.25, 0.3) is 0 Å². The van der Waals surface area contributed by atoms with Gasteiger partial charge < -0.3 is 10.0 Å². The van der Waals surface area contributed by atoms with Gasteiger partial charge in [-0.3, -0.25) is 0 Å². The fourth-order valence-electron chi connectivity index (χ4n) is 1.62. The first-order chi connectivity index (χ1) is 7.18. The van der Waals surface area contributed by atoms with Crippen LogP contribution in [0.2, 0.25) is 0 Å². The van der Waals surface area contributed by atoms with Gasteiger partial charge in [0.05, 0.1) is 11.3 Å². The van der Waals surface area contributed by atoms with Crippen LogP contribution in [0.1, 0.15) is 10.4 Å². The summed E-state index contributed by atoms with van der Waals surface area (Å²) < 4.78 is 0.898. The highest BCUT2D eigenvalue weighted by Crippen LogP contribution is 2.26. The van der Waals surface area contributed by atoms with Crippen molar-refractivity contribution in [3.05, 3.63) is 40.4 Å². The van der Waals surface area contributed by atoms with E-state index in [1.807, 2.05) is 23.1 Å². The Hall–Kier alpha value is -1.29. The highest BCUT2D eigenvalue weighted by molar-refractivity contribution is 9.10. The summed E-state index contributed by atoms with van der Waals surface area (Å²) in [5.74, 6) is -0.885. The van der Waals surface area contributed by atoms with E-state index in [2.05, 4.69) is 15.9 Å². The SMILES string of the molecule is O=C(O)c1ccc(Br)cc1N1CC=CC1. The van der Waals surface area contributed by atoms with Gasteiger partial charge in [0, 0.05) is 17.6 Å². The molecule has 0 saturated carbocycles. The molecule has 0 radical (unpaired) electrons. The highest BCUT2D eigenvalue weighted by Gasteiger charge is 2.16. The van der Waals surface area contributed by atoms with Crippen molar-refractivity contribution in [3.63, 3.8) is 0 Å². The second kappa shape index (κ2) is 4.06. The zero-order valence-corrected chi connectivity index (χ0v) is 9.57. The molecule has 1 aromatic carbocycles. The molecule has 1 aliphatic rings. The molecule has 0 spiro atoms. The van der Waals surface area contributed by atoms with Crippen molar-refractivity contribution >= 4 is 27.6 Å². The lowest BCUT2D eigenvalue weighted by atomic mass is 10.1. The second-order valence-electron chi connectivity index (χ2n) is 3.34. The Morgan fingerprint density at radius 2 is 2.00 bits per heavy atom. The Labute approximate surface area is 96.1 Å². The molecule has 3 nitrogen and oxygen atoms in total. The second-order valence-corrected chi connectivity index (χ2v) is 4.26. The molecule has 1 aromatic rings. The standard InChI is InChI=1S/C11H10BrNO2/c12-8-3-4-9(11(14)15)10(7-8)13-5-1-2-6-13/h1-4,7H,5-6H2,(H,14,15). The van der Waals surface area contributed by atoms with E-state index in [9.17, 15) is 4.79 Å². The van der Waals surface area contributed by atoms with Gasteiger partial charge in [0.25, 0.3) is 0 Å². The van der Waals surface area contributed by atoms with Gasteiger partial charge >= 0.3 is 5.97 Å². The number of hydrogen-bond donors (Lipinski definition) is 1. The van der Waals surface area contributed by atoms with Crippen molar-refractivity contribution < 1.29 is 9.90 Å². The topological polar surface area (TPSA) is 40.5 Å². The average molecular weight is 268 g/mol. The smallest absolute Gasteiger partial charge is 0.337 e. The Balaban J connectivity index is 2.42. The average Bonchev–Trinajstić information content (AvgIpc) is 2.69. The predicted molar refractivity (Wildman–Crippen MR) is 62.5 cm³/mol. The van der Waals surface area contributed by atoms with Crippen LogP contribution in [0.5, 0.6) is 0 Å². The van der Waals surface area contributed by atoms with Crippen molar-refractivity contribution in [2.45, 2.75) is 0 Å². The molecule has 1 aliphatic heterocycles. The first-order valence-corrected chi connectivity index (χ1v) is 5.40. The third-order valence-electron chi connectivity index (χ3n) is 2.35. The first kappa shape index (κ1) is 10.2. The minimum Gasteiger partial charge on any atom is -0.478 e. The number of carboxylic acid groups (broad SMARTS) is 1. The quantitative estimate of drug-likeness (QED) is 0.838. The molecule has 0 atom stereocenters. The summed E-state index contributed by atoms with van der Waals surface area (Å²) in [5, 5.41) is 9.05. The zero-order valence-electron chi connectivity index (χ0n) is 7.98. The third-order valence-corrected chi connectivity index (χ3v) is 2.84. The number of halogens is 1. The van der Waals surface area contributed by atoms with Crippen molar-refractivity contribution in [3.8, 4) is 0 Å². The highest BCUT2D eigenvalue weighted by atomic mass is 79.9. The number of benzene rings is 1. The van der Waals surface area contributed by atoms with E-state index in [-0.39, 0.29) is 0 Å². The molecule has 0 fully saturated rings. The lowest BCUT2D eigenvalue weighted by Crippen LogP contribution is -2.21. The van der Waals surface area contributed by atoms with Crippen molar-refractivity contribution in [1.82, 2.24) is 0 Å². The molecule has 15 heavy (non-hydrogen) atoms. The summed E-state index contributed by atoms with van der Waals surface area (Å²) in [6, 6.07) is 5.22. The van der Waals surface area contributed by atoms with Gasteiger partial charge in [-0.05, 0) is 18.2 Å². The lowest BCUT2D eigenvalue weighted by Gasteiger charge is -2.20. The maximum Gasteiger partial charge on any atom is 0.337 e. The van der Waals surface area contributed by atoms with Crippen LogP contribution in [0, 0.1) is 0 Å². The molecule has 0 unspecified atom stereocenters. The summed E-state index contributed by atoms with van der Waals surface area (Å²) in [6.45, 7) is 1.55. The number of nitrogens with zero attached hydrogens (tertiary/aromatic N) is 1. The summed E-state index contributed by atoms with van der Waals surface area (Å²) in [4.78, 5) is 13.0. The predicted octanol–water partition coefficient (Wildman–Crippen LogP) is 2.52. The van der Waals surface area contributed by atoms with E-state index in [0.29, 0.717) is 5.56 Å². The van der Waals surface area contributed by atoms with E-state index < -0.39 is 5.97 Å². The van der Waals surface area contributed by atoms with Crippen LogP contribution in [-0.4, -0.2) is 24.2 Å². The van der Waals surface area contributed by atoms with Gasteiger partial charge in [0.2, 0.25) is 0 Å². The monoisotopic (exact) mass is 267 g/mol. The van der Waals surface area contributed by atoms with Crippen LogP contribution in [0.3, 0.4) is 0 Å². The number of hydrogen-bond acceptors (Lipinski definition) is 2. The Bertz CT molecular complexity index is 421. The molecule has 0 saturated heterocycles. The van der Waals surface area contributed by atoms with Gasteiger partial charge in [-0.2, -0.15) is 0 Å². The largest absolute Gasteiger partial charge is 0.478 e. The van der Waals surface area contributed by atoms with E-state index in [0.717, 1.165) is 23.2 Å². The molecule has 0 bridgehead atoms. The normalized spacial score (nSPS) is 14.6. The first-order valence-electron chi connectivity index (χ1n) is 4.61. The van der Waals surface area contributed by atoms with Crippen molar-refractivity contribution in [2.24, 2.45) is 0 Å². The molecule has 1 heterocycles. The molecule has 1 N–H and O–H groups in total. The fraction of sp³-hybridized carbons (Fsp3) is 0.182. The van der Waals surface area contributed by atoms with E-state index in [1.54, 1.807) is 12.1 Å². The molecule has 0 aromatic heterocycles.